The molecule has 2 N–H and O–H groups in total. The third kappa shape index (κ3) is 8.48. The summed E-state index contributed by atoms with van der Waals surface area (Å²) < 4.78 is 37.9. The molecule has 1 heterocycles. The fourth-order valence-corrected chi connectivity index (χ4v) is 5.46. The predicted molar refractivity (Wildman–Crippen MR) is 154 cm³/mol. The van der Waals surface area contributed by atoms with Gasteiger partial charge in [-0.25, -0.2) is 8.78 Å². The van der Waals surface area contributed by atoms with Crippen molar-refractivity contribution in [3.8, 4) is 11.5 Å². The molecule has 4 rings (SSSR count). The number of rotatable bonds is 14. The van der Waals surface area contributed by atoms with Gasteiger partial charge in [-0.1, -0.05) is 36.4 Å². The van der Waals surface area contributed by atoms with Gasteiger partial charge >= 0.3 is 0 Å². The van der Waals surface area contributed by atoms with E-state index in [1.807, 2.05) is 42.5 Å². The number of hydrogen-bond acceptors (Lipinski definition) is 6. The number of hydrogen-bond donors (Lipinski definition) is 2. The van der Waals surface area contributed by atoms with Crippen molar-refractivity contribution in [3.63, 3.8) is 0 Å². The van der Waals surface area contributed by atoms with Gasteiger partial charge in [0.05, 0.1) is 20.3 Å². The summed E-state index contributed by atoms with van der Waals surface area (Å²) in [6, 6.07) is 19.1. The zero-order chi connectivity index (χ0) is 28.3. The second-order valence-electron chi connectivity index (χ2n) is 10.4. The lowest BCUT2D eigenvalue weighted by Crippen LogP contribution is -2.49. The van der Waals surface area contributed by atoms with Crippen molar-refractivity contribution in [2.24, 2.45) is 0 Å². The summed E-state index contributed by atoms with van der Waals surface area (Å²) >= 11 is 0. The number of ether oxygens (including phenoxy) is 2. The summed E-state index contributed by atoms with van der Waals surface area (Å²) in [6.07, 6.45) is 1.43. The zero-order valence-electron chi connectivity index (χ0n) is 23.5. The molecule has 40 heavy (non-hydrogen) atoms. The molecule has 1 saturated heterocycles. The Morgan fingerprint density at radius 3 is 2.00 bits per heavy atom. The second kappa shape index (κ2) is 15.1. The Balaban J connectivity index is 1.18. The van der Waals surface area contributed by atoms with E-state index in [4.69, 9.17) is 9.47 Å². The SMILES string of the molecule is COc1cccc(CNCC(O)CN2CCN(CCCC(c3ccc(F)cc3)c3ccc(F)cc3)CC2)c1OC. The highest BCUT2D eigenvalue weighted by Crippen LogP contribution is 2.31. The van der Waals surface area contributed by atoms with Crippen LogP contribution >= 0.6 is 0 Å². The number of nitrogens with one attached hydrogen (secondary N) is 1. The Kier molecular flexibility index (Phi) is 11.3. The molecule has 0 amide bonds. The minimum absolute atomic E-state index is 0.0991. The molecule has 0 bridgehead atoms. The van der Waals surface area contributed by atoms with Crippen LogP contribution in [0.4, 0.5) is 8.78 Å². The highest BCUT2D eigenvalue weighted by atomic mass is 19.1. The van der Waals surface area contributed by atoms with Gasteiger partial charge in [0.1, 0.15) is 11.6 Å². The molecule has 1 aliphatic heterocycles. The third-order valence-corrected chi connectivity index (χ3v) is 7.63. The molecule has 0 saturated carbocycles. The minimum atomic E-state index is -0.463. The van der Waals surface area contributed by atoms with Crippen LogP contribution in [0, 0.1) is 11.6 Å². The van der Waals surface area contributed by atoms with E-state index in [2.05, 4.69) is 15.1 Å². The van der Waals surface area contributed by atoms with Crippen molar-refractivity contribution in [2.45, 2.75) is 31.4 Å². The van der Waals surface area contributed by atoms with Gasteiger partial charge in [-0.15, -0.1) is 0 Å². The topological polar surface area (TPSA) is 57.2 Å². The van der Waals surface area contributed by atoms with E-state index in [9.17, 15) is 13.9 Å². The maximum absolute atomic E-state index is 13.5. The lowest BCUT2D eigenvalue weighted by Gasteiger charge is -2.36. The first-order valence-corrected chi connectivity index (χ1v) is 14.0. The molecule has 6 nitrogen and oxygen atoms in total. The first-order valence-electron chi connectivity index (χ1n) is 14.0. The van der Waals surface area contributed by atoms with Gasteiger partial charge in [0.15, 0.2) is 11.5 Å². The van der Waals surface area contributed by atoms with Crippen molar-refractivity contribution in [1.29, 1.82) is 0 Å². The van der Waals surface area contributed by atoms with Gasteiger partial charge < -0.3 is 24.8 Å². The van der Waals surface area contributed by atoms with Gasteiger partial charge in [0.2, 0.25) is 0 Å². The van der Waals surface area contributed by atoms with Crippen LogP contribution in [0.1, 0.15) is 35.4 Å². The van der Waals surface area contributed by atoms with Crippen molar-refractivity contribution in [2.75, 3.05) is 60.0 Å². The summed E-state index contributed by atoms with van der Waals surface area (Å²) in [4.78, 5) is 4.78. The number of piperazine rings is 1. The van der Waals surface area contributed by atoms with Gasteiger partial charge in [-0.2, -0.15) is 0 Å². The number of benzene rings is 3. The van der Waals surface area contributed by atoms with Crippen molar-refractivity contribution in [1.82, 2.24) is 15.1 Å². The van der Waals surface area contributed by atoms with Crippen LogP contribution in [-0.2, 0) is 6.54 Å². The number of nitrogens with zero attached hydrogens (tertiary/aromatic N) is 2. The largest absolute Gasteiger partial charge is 0.493 e. The van der Waals surface area contributed by atoms with Crippen molar-refractivity contribution < 1.29 is 23.4 Å². The lowest BCUT2D eigenvalue weighted by atomic mass is 9.87. The third-order valence-electron chi connectivity index (χ3n) is 7.63. The molecule has 0 aliphatic carbocycles. The van der Waals surface area contributed by atoms with Crippen LogP contribution in [0.15, 0.2) is 66.7 Å². The van der Waals surface area contributed by atoms with Crippen LogP contribution in [0.25, 0.3) is 0 Å². The van der Waals surface area contributed by atoms with Gasteiger partial charge in [-0.3, -0.25) is 4.90 Å². The van der Waals surface area contributed by atoms with Crippen molar-refractivity contribution >= 4 is 0 Å². The molecule has 0 spiro atoms. The quantitative estimate of drug-likeness (QED) is 0.303. The fraction of sp³-hybridized carbons (Fsp3) is 0.438. The molecule has 1 fully saturated rings. The number of aliphatic hydroxyl groups excluding tert-OH is 1. The Morgan fingerprint density at radius 1 is 0.825 bits per heavy atom. The van der Waals surface area contributed by atoms with E-state index >= 15 is 0 Å². The highest BCUT2D eigenvalue weighted by Gasteiger charge is 2.20. The molecule has 0 radical (unpaired) electrons. The monoisotopic (exact) mass is 553 g/mol. The molecule has 1 unspecified atom stereocenters. The maximum atomic E-state index is 13.5. The molecule has 216 valence electrons. The van der Waals surface area contributed by atoms with Gasteiger partial charge in [0.25, 0.3) is 0 Å². The van der Waals surface area contributed by atoms with Crippen LogP contribution < -0.4 is 14.8 Å². The number of para-hydroxylation sites is 1. The molecular weight excluding hydrogens is 512 g/mol. The average Bonchev–Trinajstić information content (AvgIpc) is 2.97. The van der Waals surface area contributed by atoms with Gasteiger partial charge in [-0.05, 0) is 60.8 Å². The average molecular weight is 554 g/mol. The molecule has 3 aromatic rings. The number of aliphatic hydroxyl groups is 1. The number of halogens is 2. The summed E-state index contributed by atoms with van der Waals surface area (Å²) in [7, 11) is 3.25. The summed E-state index contributed by atoms with van der Waals surface area (Å²) in [5, 5.41) is 13.9. The Morgan fingerprint density at radius 2 is 1.43 bits per heavy atom. The Labute approximate surface area is 236 Å². The Bertz CT molecular complexity index is 1120. The fourth-order valence-electron chi connectivity index (χ4n) is 5.46. The molecule has 3 aromatic carbocycles. The summed E-state index contributed by atoms with van der Waals surface area (Å²) in [6.45, 7) is 6.43. The highest BCUT2D eigenvalue weighted by molar-refractivity contribution is 5.46. The first-order chi connectivity index (χ1) is 19.5. The van der Waals surface area contributed by atoms with E-state index in [-0.39, 0.29) is 17.6 Å². The van der Waals surface area contributed by atoms with E-state index in [0.29, 0.717) is 31.1 Å². The van der Waals surface area contributed by atoms with E-state index in [0.717, 1.165) is 62.3 Å². The van der Waals surface area contributed by atoms with E-state index in [1.165, 1.54) is 24.3 Å². The first kappa shape index (κ1) is 29.9. The molecular formula is C32H41F2N3O3. The normalized spacial score (nSPS) is 15.3. The molecule has 8 heteroatoms. The number of methoxy groups -OCH3 is 2. The van der Waals surface area contributed by atoms with Crippen LogP contribution in [0.3, 0.4) is 0 Å². The second-order valence-corrected chi connectivity index (χ2v) is 10.4. The smallest absolute Gasteiger partial charge is 0.165 e. The molecule has 1 aliphatic rings. The van der Waals surface area contributed by atoms with E-state index < -0.39 is 6.10 Å². The predicted octanol–water partition coefficient (Wildman–Crippen LogP) is 4.66. The minimum Gasteiger partial charge on any atom is -0.493 e. The van der Waals surface area contributed by atoms with E-state index in [1.54, 1.807) is 14.2 Å². The Hall–Kier alpha value is -3.04. The number of β-amino-alcohol motifs (C(OH)–C–C–N with tert-alkyl or cyclic N) is 1. The standard InChI is InChI=1S/C32H41F2N3O3/c1-39-31-7-3-5-26(32(31)40-2)21-35-22-29(38)23-37-19-17-36(18-20-37)16-4-6-30(24-8-12-27(33)13-9-24)25-10-14-28(34)15-11-25/h3,5,7-15,29-30,35,38H,4,6,16-23H2,1-2H3. The molecule has 1 atom stereocenters. The van der Waals surface area contributed by atoms with Crippen LogP contribution in [0.2, 0.25) is 0 Å². The van der Waals surface area contributed by atoms with Gasteiger partial charge in [0, 0.05) is 57.3 Å². The van der Waals surface area contributed by atoms with Crippen LogP contribution in [-0.4, -0.2) is 81.0 Å². The maximum Gasteiger partial charge on any atom is 0.165 e. The lowest BCUT2D eigenvalue weighted by molar-refractivity contribution is 0.0717. The summed E-state index contributed by atoms with van der Waals surface area (Å²) in [5.41, 5.74) is 3.08. The zero-order valence-corrected chi connectivity index (χ0v) is 23.5. The van der Waals surface area contributed by atoms with Crippen LogP contribution in [0.5, 0.6) is 11.5 Å². The molecule has 0 aromatic heterocycles. The summed E-state index contributed by atoms with van der Waals surface area (Å²) in [5.74, 6) is 1.00. The van der Waals surface area contributed by atoms with Crippen molar-refractivity contribution in [3.05, 3.63) is 95.1 Å².